The van der Waals surface area contributed by atoms with E-state index in [4.69, 9.17) is 6.42 Å². The van der Waals surface area contributed by atoms with E-state index >= 15 is 0 Å². The number of hydrogen-bond donors (Lipinski definition) is 0. The van der Waals surface area contributed by atoms with Gasteiger partial charge in [0.2, 0.25) is 11.8 Å². The molecule has 2 fully saturated rings. The Balaban J connectivity index is 1.38. The Hall–Kier alpha value is -3.01. The Morgan fingerprint density at radius 1 is 1.03 bits per heavy atom. The van der Waals surface area contributed by atoms with Crippen molar-refractivity contribution in [1.29, 1.82) is 0 Å². The Bertz CT molecular complexity index is 1090. The van der Waals surface area contributed by atoms with Crippen LogP contribution in [-0.4, -0.2) is 56.9 Å². The second-order valence-corrected chi connectivity index (χ2v) is 8.85. The molecule has 7 heteroatoms. The first-order valence-electron chi connectivity index (χ1n) is 11.1. The molecule has 1 aromatic carbocycles. The van der Waals surface area contributed by atoms with Crippen LogP contribution in [0.2, 0.25) is 0 Å². The number of rotatable bonds is 3. The number of hydrogen-bond acceptors (Lipinski definition) is 3. The zero-order valence-corrected chi connectivity index (χ0v) is 18.3. The maximum Gasteiger partial charge on any atom is 0.328 e. The van der Waals surface area contributed by atoms with E-state index in [1.165, 1.54) is 0 Å². The first kappa shape index (κ1) is 21.2. The predicted molar refractivity (Wildman–Crippen MR) is 119 cm³/mol. The van der Waals surface area contributed by atoms with Gasteiger partial charge in [-0.3, -0.25) is 18.7 Å². The van der Waals surface area contributed by atoms with Crippen LogP contribution in [0.1, 0.15) is 38.2 Å². The van der Waals surface area contributed by atoms with Crippen LogP contribution in [0.4, 0.5) is 0 Å². The van der Waals surface area contributed by atoms with Crippen LogP contribution in [0.15, 0.2) is 23.0 Å². The van der Waals surface area contributed by atoms with Crippen LogP contribution < -0.4 is 5.69 Å². The molecule has 0 unspecified atom stereocenters. The molecule has 0 radical (unpaired) electrons. The van der Waals surface area contributed by atoms with Gasteiger partial charge in [-0.25, -0.2) is 4.79 Å². The smallest absolute Gasteiger partial charge is 0.328 e. The second kappa shape index (κ2) is 8.62. The summed E-state index contributed by atoms with van der Waals surface area (Å²) in [4.78, 5) is 41.0. The summed E-state index contributed by atoms with van der Waals surface area (Å²) in [6.45, 7) is 4.73. The van der Waals surface area contributed by atoms with E-state index in [1.54, 1.807) is 23.4 Å². The normalized spacial score (nSPS) is 21.8. The molecule has 2 heterocycles. The lowest BCUT2D eigenvalue weighted by Gasteiger charge is -2.37. The summed E-state index contributed by atoms with van der Waals surface area (Å²) in [6.07, 6.45) is 9.12. The van der Waals surface area contributed by atoms with Crippen molar-refractivity contribution in [2.24, 2.45) is 18.9 Å². The summed E-state index contributed by atoms with van der Waals surface area (Å²) in [7, 11) is 1.79. The topological polar surface area (TPSA) is 67.6 Å². The van der Waals surface area contributed by atoms with Crippen molar-refractivity contribution in [3.05, 3.63) is 34.2 Å². The van der Waals surface area contributed by atoms with Gasteiger partial charge in [-0.15, -0.1) is 6.42 Å². The number of carbonyl (C=O) groups excluding carboxylic acids is 2. The maximum absolute atomic E-state index is 12.9. The Kier molecular flexibility index (Phi) is 5.90. The fourth-order valence-electron chi connectivity index (χ4n) is 5.03. The Morgan fingerprint density at radius 2 is 1.68 bits per heavy atom. The molecule has 7 nitrogen and oxygen atoms in total. The molecule has 4 rings (SSSR count). The average Bonchev–Trinajstić information content (AvgIpc) is 3.03. The molecule has 1 saturated carbocycles. The highest BCUT2D eigenvalue weighted by atomic mass is 16.2. The lowest BCUT2D eigenvalue weighted by molar-refractivity contribution is -0.142. The van der Waals surface area contributed by atoms with E-state index in [0.29, 0.717) is 38.6 Å². The van der Waals surface area contributed by atoms with Gasteiger partial charge in [-0.2, -0.15) is 0 Å². The van der Waals surface area contributed by atoms with Crippen molar-refractivity contribution in [1.82, 2.24) is 18.9 Å². The summed E-state index contributed by atoms with van der Waals surface area (Å²) in [5.41, 5.74) is 2.51. The van der Waals surface area contributed by atoms with Crippen LogP contribution in [0.5, 0.6) is 0 Å². The van der Waals surface area contributed by atoms with Crippen molar-refractivity contribution < 1.29 is 9.59 Å². The van der Waals surface area contributed by atoms with Crippen molar-refractivity contribution in [2.45, 2.75) is 39.2 Å². The number of aryl methyl sites for hydroxylation is 1. The van der Waals surface area contributed by atoms with Crippen molar-refractivity contribution in [3.63, 3.8) is 0 Å². The van der Waals surface area contributed by atoms with E-state index < -0.39 is 0 Å². The largest absolute Gasteiger partial charge is 0.339 e. The number of piperazine rings is 1. The minimum absolute atomic E-state index is 0.0225. The van der Waals surface area contributed by atoms with Gasteiger partial charge in [0.25, 0.3) is 0 Å². The monoisotopic (exact) mass is 422 g/mol. The van der Waals surface area contributed by atoms with Crippen LogP contribution in [-0.2, 0) is 23.2 Å². The highest BCUT2D eigenvalue weighted by molar-refractivity contribution is 5.80. The summed E-state index contributed by atoms with van der Waals surface area (Å²) in [5.74, 6) is 3.37. The number of terminal acetylenes is 1. The Labute approximate surface area is 182 Å². The van der Waals surface area contributed by atoms with E-state index in [0.717, 1.165) is 42.3 Å². The molecule has 164 valence electrons. The van der Waals surface area contributed by atoms with Crippen molar-refractivity contribution >= 4 is 22.8 Å². The van der Waals surface area contributed by atoms with Crippen LogP contribution in [0.3, 0.4) is 0 Å². The van der Waals surface area contributed by atoms with Gasteiger partial charge in [0.1, 0.15) is 0 Å². The average molecular weight is 423 g/mol. The van der Waals surface area contributed by atoms with Crippen LogP contribution >= 0.6 is 0 Å². The lowest BCUT2D eigenvalue weighted by atomic mass is 9.81. The van der Waals surface area contributed by atoms with Crippen molar-refractivity contribution in [3.8, 4) is 12.3 Å². The minimum atomic E-state index is -0.0225. The summed E-state index contributed by atoms with van der Waals surface area (Å²) in [6, 6.07) is 5.68. The van der Waals surface area contributed by atoms with Gasteiger partial charge in [0, 0.05) is 58.2 Å². The highest BCUT2D eigenvalue weighted by Crippen LogP contribution is 2.32. The molecule has 1 aliphatic heterocycles. The third kappa shape index (κ3) is 4.12. The lowest BCUT2D eigenvalue weighted by Crippen LogP contribution is -2.51. The fourth-order valence-corrected chi connectivity index (χ4v) is 5.03. The zero-order valence-electron chi connectivity index (χ0n) is 18.3. The van der Waals surface area contributed by atoms with Crippen LogP contribution in [0, 0.1) is 24.2 Å². The molecule has 0 N–H and O–H groups in total. The van der Waals surface area contributed by atoms with Crippen molar-refractivity contribution in [2.75, 3.05) is 26.2 Å². The first-order valence-corrected chi connectivity index (χ1v) is 11.1. The van der Waals surface area contributed by atoms with Gasteiger partial charge in [-0.1, -0.05) is 5.92 Å². The third-order valence-electron chi connectivity index (χ3n) is 6.99. The summed E-state index contributed by atoms with van der Waals surface area (Å²) in [5, 5.41) is 0. The molecule has 2 aromatic rings. The molecular weight excluding hydrogens is 392 g/mol. The molecule has 0 atom stereocenters. The molecule has 0 spiro atoms. The second-order valence-electron chi connectivity index (χ2n) is 8.85. The number of fused-ring (bicyclic) bond motifs is 1. The molecule has 31 heavy (non-hydrogen) atoms. The van der Waals surface area contributed by atoms with E-state index in [2.05, 4.69) is 5.92 Å². The molecule has 0 bridgehead atoms. The number of amides is 2. The van der Waals surface area contributed by atoms with E-state index in [-0.39, 0.29) is 23.4 Å². The standard InChI is InChI=1S/C24H30N4O3/c1-4-18-7-10-21-22(15-18)28(24(31)25(21)3)16-19-5-8-20(9-6-19)23(30)27-13-11-26(12-14-27)17(2)29/h1,7,10,15,19-20H,5-6,8-9,11-14,16H2,2-3H3. The molecule has 2 amide bonds. The Morgan fingerprint density at radius 3 is 2.29 bits per heavy atom. The summed E-state index contributed by atoms with van der Waals surface area (Å²) < 4.78 is 3.51. The van der Waals surface area contributed by atoms with Gasteiger partial charge in [0.05, 0.1) is 11.0 Å². The van der Waals surface area contributed by atoms with Gasteiger partial charge in [0.15, 0.2) is 0 Å². The zero-order chi connectivity index (χ0) is 22.1. The first-order chi connectivity index (χ1) is 14.9. The molecular formula is C24H30N4O3. The quantitative estimate of drug-likeness (QED) is 0.709. The predicted octanol–water partition coefficient (Wildman–Crippen LogP) is 1.82. The number of carbonyl (C=O) groups is 2. The molecule has 1 saturated heterocycles. The van der Waals surface area contributed by atoms with Gasteiger partial charge >= 0.3 is 5.69 Å². The number of aromatic nitrogens is 2. The van der Waals surface area contributed by atoms with Crippen LogP contribution in [0.25, 0.3) is 11.0 Å². The van der Waals surface area contributed by atoms with E-state index in [9.17, 15) is 14.4 Å². The fraction of sp³-hybridized carbons (Fsp3) is 0.542. The van der Waals surface area contributed by atoms with E-state index in [1.807, 2.05) is 27.7 Å². The molecule has 1 aliphatic carbocycles. The molecule has 2 aliphatic rings. The molecule has 1 aromatic heterocycles. The maximum atomic E-state index is 12.9. The number of nitrogens with zero attached hydrogens (tertiary/aromatic N) is 4. The minimum Gasteiger partial charge on any atom is -0.339 e. The highest BCUT2D eigenvalue weighted by Gasteiger charge is 2.32. The summed E-state index contributed by atoms with van der Waals surface area (Å²) >= 11 is 0. The number of benzene rings is 1. The number of imidazole rings is 1. The van der Waals surface area contributed by atoms with Gasteiger partial charge in [-0.05, 0) is 49.8 Å². The SMILES string of the molecule is C#Cc1ccc2c(c1)n(CC1CCC(C(=O)N3CCN(C(C)=O)CC3)CC1)c(=O)n2C. The third-order valence-corrected chi connectivity index (χ3v) is 6.99. The van der Waals surface area contributed by atoms with Gasteiger partial charge < -0.3 is 9.80 Å².